The number of thiophene rings is 1. The van der Waals surface area contributed by atoms with Gasteiger partial charge in [-0.1, -0.05) is 5.16 Å². The molecule has 2 heterocycles. The zero-order valence-corrected chi connectivity index (χ0v) is 8.27. The maximum Gasteiger partial charge on any atom is 0.271 e. The molecule has 0 aromatic carbocycles. The Bertz CT molecular complexity index is 426. The average Bonchev–Trinajstić information content (AvgIpc) is 2.74. The fourth-order valence-electron chi connectivity index (χ4n) is 1.02. The molecule has 0 amide bonds. The summed E-state index contributed by atoms with van der Waals surface area (Å²) in [5.41, 5.74) is 0. The van der Waals surface area contributed by atoms with Crippen LogP contribution in [0.5, 0.6) is 0 Å². The van der Waals surface area contributed by atoms with E-state index in [4.69, 9.17) is 4.52 Å². The van der Waals surface area contributed by atoms with E-state index in [0.717, 1.165) is 0 Å². The first-order valence-corrected chi connectivity index (χ1v) is 4.90. The second-order valence-electron chi connectivity index (χ2n) is 2.64. The van der Waals surface area contributed by atoms with Crippen molar-refractivity contribution >= 4 is 11.3 Å². The van der Waals surface area contributed by atoms with E-state index in [1.807, 2.05) is 0 Å². The molecule has 0 radical (unpaired) electrons. The largest absolute Gasteiger partial charge is 0.333 e. The molecule has 0 aliphatic rings. The van der Waals surface area contributed by atoms with Crippen molar-refractivity contribution in [2.45, 2.75) is 6.54 Å². The van der Waals surface area contributed by atoms with Crippen molar-refractivity contribution in [3.63, 3.8) is 0 Å². The van der Waals surface area contributed by atoms with Crippen LogP contribution in [0.3, 0.4) is 0 Å². The van der Waals surface area contributed by atoms with Gasteiger partial charge in [0.25, 0.3) is 5.89 Å². The Labute approximate surface area is 83.8 Å². The topological polar surface area (TPSA) is 51.0 Å². The molecule has 0 unspecified atom stereocenters. The fraction of sp³-hybridized carbons (Fsp3) is 0.250. The first kappa shape index (κ1) is 9.29. The molecule has 0 saturated heterocycles. The summed E-state index contributed by atoms with van der Waals surface area (Å²) in [6, 6.07) is 1.38. The molecule has 0 aliphatic carbocycles. The quantitative estimate of drug-likeness (QED) is 0.842. The number of halogens is 1. The van der Waals surface area contributed by atoms with E-state index in [9.17, 15) is 4.39 Å². The van der Waals surface area contributed by atoms with Crippen molar-refractivity contribution in [1.82, 2.24) is 15.5 Å². The second kappa shape index (κ2) is 3.85. The average molecular weight is 213 g/mol. The fourth-order valence-corrected chi connectivity index (χ4v) is 1.71. The first-order chi connectivity index (χ1) is 6.81. The van der Waals surface area contributed by atoms with Gasteiger partial charge in [-0.3, -0.25) is 0 Å². The Morgan fingerprint density at radius 3 is 3.14 bits per heavy atom. The third kappa shape index (κ3) is 1.66. The molecule has 0 aliphatic heterocycles. The van der Waals surface area contributed by atoms with Gasteiger partial charge < -0.3 is 9.84 Å². The van der Waals surface area contributed by atoms with E-state index in [1.165, 1.54) is 17.4 Å². The van der Waals surface area contributed by atoms with Gasteiger partial charge in [-0.05, 0) is 18.5 Å². The van der Waals surface area contributed by atoms with Crippen LogP contribution in [-0.2, 0) is 6.54 Å². The van der Waals surface area contributed by atoms with Gasteiger partial charge in [0, 0.05) is 0 Å². The molecule has 2 aromatic heterocycles. The Morgan fingerprint density at radius 1 is 1.64 bits per heavy atom. The summed E-state index contributed by atoms with van der Waals surface area (Å²) in [7, 11) is 1.78. The minimum absolute atomic E-state index is 0.239. The Morgan fingerprint density at radius 2 is 2.50 bits per heavy atom. The van der Waals surface area contributed by atoms with Gasteiger partial charge in [-0.2, -0.15) is 4.98 Å². The Balaban J connectivity index is 2.29. The van der Waals surface area contributed by atoms with Crippen molar-refractivity contribution in [3.8, 4) is 10.8 Å². The van der Waals surface area contributed by atoms with Crippen LogP contribution in [-0.4, -0.2) is 17.2 Å². The van der Waals surface area contributed by atoms with E-state index in [-0.39, 0.29) is 11.7 Å². The minimum atomic E-state index is -0.324. The van der Waals surface area contributed by atoms with Gasteiger partial charge in [0.2, 0.25) is 0 Å². The van der Waals surface area contributed by atoms with Gasteiger partial charge in [0.1, 0.15) is 10.7 Å². The van der Waals surface area contributed by atoms with E-state index < -0.39 is 0 Å². The van der Waals surface area contributed by atoms with Gasteiger partial charge in [0.15, 0.2) is 5.82 Å². The molecule has 0 spiro atoms. The van der Waals surface area contributed by atoms with Gasteiger partial charge in [-0.15, -0.1) is 11.3 Å². The summed E-state index contributed by atoms with van der Waals surface area (Å²) in [5.74, 6) is 0.438. The standard InChI is InChI=1S/C8H8FN3OS/c1-10-4-6-11-8(13-12-6)7-5(9)2-3-14-7/h2-3,10H,4H2,1H3. The summed E-state index contributed by atoms with van der Waals surface area (Å²) in [5, 5.41) is 8.22. The summed E-state index contributed by atoms with van der Waals surface area (Å²) in [4.78, 5) is 4.42. The van der Waals surface area contributed by atoms with Crippen molar-refractivity contribution in [2.75, 3.05) is 7.05 Å². The zero-order chi connectivity index (χ0) is 9.97. The molecule has 14 heavy (non-hydrogen) atoms. The van der Waals surface area contributed by atoms with Crippen molar-refractivity contribution in [2.24, 2.45) is 0 Å². The molecule has 0 bridgehead atoms. The predicted octanol–water partition coefficient (Wildman–Crippen LogP) is 1.66. The normalized spacial score (nSPS) is 10.7. The van der Waals surface area contributed by atoms with Crippen molar-refractivity contribution in [3.05, 3.63) is 23.1 Å². The van der Waals surface area contributed by atoms with Crippen molar-refractivity contribution in [1.29, 1.82) is 0 Å². The summed E-state index contributed by atoms with van der Waals surface area (Å²) in [6.45, 7) is 0.510. The number of hydrogen-bond acceptors (Lipinski definition) is 5. The molecule has 6 heteroatoms. The maximum atomic E-state index is 13.1. The number of hydrogen-bond donors (Lipinski definition) is 1. The molecule has 74 valence electrons. The lowest BCUT2D eigenvalue weighted by Gasteiger charge is -1.87. The number of nitrogens with zero attached hydrogens (tertiary/aromatic N) is 2. The molecule has 0 fully saturated rings. The molecule has 0 saturated carbocycles. The van der Waals surface area contributed by atoms with Crippen LogP contribution >= 0.6 is 11.3 Å². The highest BCUT2D eigenvalue weighted by molar-refractivity contribution is 7.13. The monoisotopic (exact) mass is 213 g/mol. The summed E-state index contributed by atoms with van der Waals surface area (Å²) >= 11 is 1.24. The van der Waals surface area contributed by atoms with Crippen LogP contribution in [0, 0.1) is 5.82 Å². The van der Waals surface area contributed by atoms with Crippen LogP contribution in [0.25, 0.3) is 10.8 Å². The highest BCUT2D eigenvalue weighted by Gasteiger charge is 2.13. The Hall–Kier alpha value is -1.27. The van der Waals surface area contributed by atoms with Crippen LogP contribution in [0.1, 0.15) is 5.82 Å². The second-order valence-corrected chi connectivity index (χ2v) is 3.56. The number of rotatable bonds is 3. The molecule has 2 rings (SSSR count). The highest BCUT2D eigenvalue weighted by atomic mass is 32.1. The van der Waals surface area contributed by atoms with E-state index in [2.05, 4.69) is 15.5 Å². The third-order valence-electron chi connectivity index (χ3n) is 1.61. The molecular weight excluding hydrogens is 205 g/mol. The predicted molar refractivity (Wildman–Crippen MR) is 50.3 cm³/mol. The van der Waals surface area contributed by atoms with E-state index in [0.29, 0.717) is 17.2 Å². The first-order valence-electron chi connectivity index (χ1n) is 4.02. The van der Waals surface area contributed by atoms with Gasteiger partial charge >= 0.3 is 0 Å². The molecular formula is C8H8FN3OS. The summed E-state index contributed by atoms with van der Waals surface area (Å²) in [6.07, 6.45) is 0. The zero-order valence-electron chi connectivity index (χ0n) is 7.45. The number of aromatic nitrogens is 2. The smallest absolute Gasteiger partial charge is 0.271 e. The molecule has 4 nitrogen and oxygen atoms in total. The minimum Gasteiger partial charge on any atom is -0.333 e. The number of nitrogens with one attached hydrogen (secondary N) is 1. The molecule has 0 atom stereocenters. The van der Waals surface area contributed by atoms with Crippen molar-refractivity contribution < 1.29 is 8.91 Å². The Kier molecular flexibility index (Phi) is 2.55. The maximum absolute atomic E-state index is 13.1. The highest BCUT2D eigenvalue weighted by Crippen LogP contribution is 2.26. The lowest BCUT2D eigenvalue weighted by Crippen LogP contribution is -2.06. The third-order valence-corrected chi connectivity index (χ3v) is 2.49. The van der Waals surface area contributed by atoms with E-state index in [1.54, 1.807) is 12.4 Å². The van der Waals surface area contributed by atoms with Crippen LogP contribution in [0.4, 0.5) is 4.39 Å². The van der Waals surface area contributed by atoms with Gasteiger partial charge in [-0.25, -0.2) is 4.39 Å². The van der Waals surface area contributed by atoms with Crippen LogP contribution in [0.2, 0.25) is 0 Å². The lowest BCUT2D eigenvalue weighted by atomic mass is 10.4. The lowest BCUT2D eigenvalue weighted by molar-refractivity contribution is 0.419. The van der Waals surface area contributed by atoms with Crippen LogP contribution in [0.15, 0.2) is 16.0 Å². The summed E-state index contributed by atoms with van der Waals surface area (Å²) < 4.78 is 18.0. The van der Waals surface area contributed by atoms with E-state index >= 15 is 0 Å². The molecule has 2 aromatic rings. The SMILES string of the molecule is CNCc1noc(-c2sccc2F)n1. The van der Waals surface area contributed by atoms with Gasteiger partial charge in [0.05, 0.1) is 6.54 Å². The van der Waals surface area contributed by atoms with Crippen LogP contribution < -0.4 is 5.32 Å². The molecule has 1 N–H and O–H groups in total.